The first-order valence-corrected chi connectivity index (χ1v) is 5.26. The molecule has 1 aromatic rings. The summed E-state index contributed by atoms with van der Waals surface area (Å²) in [5.41, 5.74) is 0. The second kappa shape index (κ2) is 5.50. The minimum absolute atomic E-state index is 0.882. The molecule has 0 N–H and O–H groups in total. The van der Waals surface area contributed by atoms with Gasteiger partial charge in [-0.3, -0.25) is 0 Å². The van der Waals surface area contributed by atoms with E-state index in [2.05, 4.69) is 44.6 Å². The molecule has 0 aliphatic heterocycles. The third-order valence-electron chi connectivity index (χ3n) is 1.12. The Kier molecular flexibility index (Phi) is 4.48. The van der Waals surface area contributed by atoms with Gasteiger partial charge in [0, 0.05) is 27.5 Å². The minimum Gasteiger partial charge on any atom is -0.113 e. The third-order valence-corrected chi connectivity index (χ3v) is 2.40. The fraction of sp³-hybridized carbons (Fsp3) is 0.111. The van der Waals surface area contributed by atoms with Crippen LogP contribution in [0, 0.1) is 9.85 Å². The Balaban J connectivity index is 2.43. The van der Waals surface area contributed by atoms with Crippen molar-refractivity contribution in [1.82, 2.24) is 0 Å². The molecule has 0 aromatic heterocycles. The van der Waals surface area contributed by atoms with Gasteiger partial charge in [0.2, 0.25) is 0 Å². The molecule has 0 aliphatic carbocycles. The third kappa shape index (κ3) is 3.68. The van der Waals surface area contributed by atoms with Crippen molar-refractivity contribution in [3.05, 3.63) is 30.3 Å². The molecule has 0 heterocycles. The fourth-order valence-electron chi connectivity index (χ4n) is 0.663. The number of thioether (sulfide) groups is 1. The van der Waals surface area contributed by atoms with E-state index >= 15 is 0 Å². The molecular formula is C9H7IS. The van der Waals surface area contributed by atoms with Crippen LogP contribution in [0.25, 0.3) is 0 Å². The normalized spacial score (nSPS) is 8.45. The Hall–Kier alpha value is -0.140. The summed E-state index contributed by atoms with van der Waals surface area (Å²) in [6.45, 7) is 0. The first-order chi connectivity index (χ1) is 5.43. The molecule has 0 fully saturated rings. The monoisotopic (exact) mass is 274 g/mol. The van der Waals surface area contributed by atoms with Gasteiger partial charge >= 0.3 is 0 Å². The molecule has 0 bridgehead atoms. The van der Waals surface area contributed by atoms with Gasteiger partial charge in [0.1, 0.15) is 0 Å². The van der Waals surface area contributed by atoms with E-state index in [-0.39, 0.29) is 0 Å². The van der Waals surface area contributed by atoms with Gasteiger partial charge < -0.3 is 0 Å². The smallest absolute Gasteiger partial charge is 0.0602 e. The molecule has 0 unspecified atom stereocenters. The van der Waals surface area contributed by atoms with Crippen molar-refractivity contribution in [3.63, 3.8) is 0 Å². The summed E-state index contributed by atoms with van der Waals surface area (Å²) >= 11 is 3.82. The second-order valence-electron chi connectivity index (χ2n) is 1.87. The molecule has 0 nitrogen and oxygen atoms in total. The summed E-state index contributed by atoms with van der Waals surface area (Å²) in [4.78, 5) is 1.28. The minimum atomic E-state index is 0.882. The zero-order chi connectivity index (χ0) is 7.94. The fourth-order valence-corrected chi connectivity index (χ4v) is 1.77. The van der Waals surface area contributed by atoms with Crippen molar-refractivity contribution >= 4 is 34.4 Å². The van der Waals surface area contributed by atoms with Gasteiger partial charge in [-0.1, -0.05) is 24.1 Å². The highest BCUT2D eigenvalue weighted by Crippen LogP contribution is 2.15. The van der Waals surface area contributed by atoms with Gasteiger partial charge in [0.05, 0.1) is 5.75 Å². The lowest BCUT2D eigenvalue weighted by Gasteiger charge is -1.93. The van der Waals surface area contributed by atoms with Crippen LogP contribution in [0.3, 0.4) is 0 Å². The van der Waals surface area contributed by atoms with E-state index in [4.69, 9.17) is 0 Å². The molecule has 1 aromatic carbocycles. The highest BCUT2D eigenvalue weighted by Gasteiger charge is 1.86. The molecule has 0 saturated carbocycles. The van der Waals surface area contributed by atoms with Crippen molar-refractivity contribution in [3.8, 4) is 9.85 Å². The van der Waals surface area contributed by atoms with Crippen LogP contribution in [0.1, 0.15) is 0 Å². The molecule has 11 heavy (non-hydrogen) atoms. The average molecular weight is 274 g/mol. The van der Waals surface area contributed by atoms with Gasteiger partial charge in [0.25, 0.3) is 0 Å². The van der Waals surface area contributed by atoms with Gasteiger partial charge in [-0.2, -0.15) is 0 Å². The topological polar surface area (TPSA) is 0 Å². The van der Waals surface area contributed by atoms with Crippen LogP contribution in [0.15, 0.2) is 35.2 Å². The van der Waals surface area contributed by atoms with Crippen LogP contribution in [0.5, 0.6) is 0 Å². The maximum Gasteiger partial charge on any atom is 0.0602 e. The lowest BCUT2D eigenvalue weighted by atomic mass is 10.4. The maximum absolute atomic E-state index is 3.00. The predicted octanol–water partition coefficient (Wildman–Crippen LogP) is 3.17. The summed E-state index contributed by atoms with van der Waals surface area (Å²) in [6, 6.07) is 10.3. The Labute approximate surface area is 84.9 Å². The van der Waals surface area contributed by atoms with Crippen molar-refractivity contribution in [1.29, 1.82) is 0 Å². The molecule has 56 valence electrons. The zero-order valence-electron chi connectivity index (χ0n) is 5.88. The van der Waals surface area contributed by atoms with Crippen LogP contribution < -0.4 is 0 Å². The quantitative estimate of drug-likeness (QED) is 0.453. The molecule has 0 aliphatic rings. The van der Waals surface area contributed by atoms with Crippen molar-refractivity contribution in [2.24, 2.45) is 0 Å². The van der Waals surface area contributed by atoms with E-state index in [1.807, 2.05) is 18.2 Å². The number of hydrogen-bond acceptors (Lipinski definition) is 1. The number of benzene rings is 1. The molecule has 0 radical (unpaired) electrons. The lowest BCUT2D eigenvalue weighted by Crippen LogP contribution is -1.71. The van der Waals surface area contributed by atoms with Crippen LogP contribution in [-0.4, -0.2) is 5.75 Å². The average Bonchev–Trinajstić information content (AvgIpc) is 2.07. The SMILES string of the molecule is IC#CCSc1ccccc1. The highest BCUT2D eigenvalue weighted by molar-refractivity contribution is 14.1. The van der Waals surface area contributed by atoms with Crippen LogP contribution in [0.2, 0.25) is 0 Å². The Morgan fingerprint density at radius 2 is 2.00 bits per heavy atom. The van der Waals surface area contributed by atoms with E-state index in [0.717, 1.165) is 5.75 Å². The van der Waals surface area contributed by atoms with Crippen LogP contribution in [0.4, 0.5) is 0 Å². The lowest BCUT2D eigenvalue weighted by molar-refractivity contribution is 1.46. The van der Waals surface area contributed by atoms with E-state index < -0.39 is 0 Å². The summed E-state index contributed by atoms with van der Waals surface area (Å²) < 4.78 is 2.84. The van der Waals surface area contributed by atoms with Gasteiger partial charge in [0.15, 0.2) is 0 Å². The highest BCUT2D eigenvalue weighted by atomic mass is 127. The largest absolute Gasteiger partial charge is 0.113 e. The maximum atomic E-state index is 3.00. The van der Waals surface area contributed by atoms with E-state index in [1.54, 1.807) is 11.8 Å². The Morgan fingerprint density at radius 3 is 2.64 bits per heavy atom. The predicted molar refractivity (Wildman–Crippen MR) is 59.0 cm³/mol. The summed E-state index contributed by atoms with van der Waals surface area (Å²) in [7, 11) is 0. The molecule has 2 heteroatoms. The van der Waals surface area contributed by atoms with Crippen molar-refractivity contribution in [2.75, 3.05) is 5.75 Å². The first kappa shape index (κ1) is 8.95. The van der Waals surface area contributed by atoms with Crippen LogP contribution >= 0.6 is 34.4 Å². The number of halogens is 1. The Morgan fingerprint density at radius 1 is 1.27 bits per heavy atom. The summed E-state index contributed by atoms with van der Waals surface area (Å²) in [5.74, 6) is 3.88. The summed E-state index contributed by atoms with van der Waals surface area (Å²) in [5, 5.41) is 0. The molecular weight excluding hydrogens is 267 g/mol. The van der Waals surface area contributed by atoms with Crippen LogP contribution in [-0.2, 0) is 0 Å². The summed E-state index contributed by atoms with van der Waals surface area (Å²) in [6.07, 6.45) is 0. The standard InChI is InChI=1S/C9H7IS/c10-7-4-8-11-9-5-2-1-3-6-9/h1-3,5-6H,8H2. The van der Waals surface area contributed by atoms with E-state index in [9.17, 15) is 0 Å². The van der Waals surface area contributed by atoms with Crippen molar-refractivity contribution in [2.45, 2.75) is 4.90 Å². The molecule has 1 rings (SSSR count). The van der Waals surface area contributed by atoms with Gasteiger partial charge in [-0.05, 0) is 16.1 Å². The first-order valence-electron chi connectivity index (χ1n) is 3.20. The second-order valence-corrected chi connectivity index (χ2v) is 3.46. The number of rotatable bonds is 2. The molecule has 0 amide bonds. The Bertz CT molecular complexity index is 258. The van der Waals surface area contributed by atoms with Gasteiger partial charge in [-0.15, -0.1) is 11.8 Å². The zero-order valence-corrected chi connectivity index (χ0v) is 8.85. The number of hydrogen-bond donors (Lipinski definition) is 0. The van der Waals surface area contributed by atoms with Gasteiger partial charge in [-0.25, -0.2) is 0 Å². The van der Waals surface area contributed by atoms with E-state index in [1.165, 1.54) is 4.90 Å². The van der Waals surface area contributed by atoms with E-state index in [0.29, 0.717) is 0 Å². The molecule has 0 spiro atoms. The molecule has 0 atom stereocenters. The molecule has 0 saturated heterocycles. The van der Waals surface area contributed by atoms with Crippen molar-refractivity contribution < 1.29 is 0 Å².